The van der Waals surface area contributed by atoms with Crippen LogP contribution in [0.2, 0.25) is 0 Å². The lowest BCUT2D eigenvalue weighted by atomic mass is 10.1. The fourth-order valence-corrected chi connectivity index (χ4v) is 1.38. The lowest BCUT2D eigenvalue weighted by Crippen LogP contribution is -2.12. The summed E-state index contributed by atoms with van der Waals surface area (Å²) in [7, 11) is 0. The standard InChI is InChI=1S/C11H12O3S/c12-6-5-8-1-3-9(4-2-8)7-10(15)11(13)14/h1-4,12H,5-7H2,(H,13,14). The van der Waals surface area contributed by atoms with Gasteiger partial charge in [0.1, 0.15) is 4.86 Å². The first-order valence-electron chi connectivity index (χ1n) is 4.58. The second-order valence-corrected chi connectivity index (χ2v) is 3.69. The largest absolute Gasteiger partial charge is 0.477 e. The van der Waals surface area contributed by atoms with Crippen LogP contribution in [0.25, 0.3) is 0 Å². The number of hydrogen-bond acceptors (Lipinski definition) is 3. The summed E-state index contributed by atoms with van der Waals surface area (Å²) in [5.41, 5.74) is 1.91. The van der Waals surface area contributed by atoms with Crippen LogP contribution in [0.4, 0.5) is 0 Å². The van der Waals surface area contributed by atoms with E-state index in [2.05, 4.69) is 0 Å². The van der Waals surface area contributed by atoms with Gasteiger partial charge in [-0.3, -0.25) is 0 Å². The van der Waals surface area contributed by atoms with Gasteiger partial charge < -0.3 is 10.2 Å². The molecular formula is C11H12O3S. The molecule has 0 aliphatic carbocycles. The second kappa shape index (κ2) is 5.58. The van der Waals surface area contributed by atoms with Crippen molar-refractivity contribution in [1.29, 1.82) is 0 Å². The summed E-state index contributed by atoms with van der Waals surface area (Å²) in [6.07, 6.45) is 0.897. The first-order chi connectivity index (χ1) is 7.13. The highest BCUT2D eigenvalue weighted by Gasteiger charge is 2.06. The molecule has 0 unspecified atom stereocenters. The van der Waals surface area contributed by atoms with E-state index in [4.69, 9.17) is 22.4 Å². The normalized spacial score (nSPS) is 9.93. The van der Waals surface area contributed by atoms with Gasteiger partial charge in [0.25, 0.3) is 0 Å². The van der Waals surface area contributed by atoms with E-state index < -0.39 is 5.97 Å². The number of carbonyl (C=O) groups is 1. The van der Waals surface area contributed by atoms with E-state index in [9.17, 15) is 4.79 Å². The molecule has 0 radical (unpaired) electrons. The molecule has 15 heavy (non-hydrogen) atoms. The predicted octanol–water partition coefficient (Wildman–Crippen LogP) is 1.22. The Morgan fingerprint density at radius 1 is 1.20 bits per heavy atom. The zero-order valence-corrected chi connectivity index (χ0v) is 8.96. The monoisotopic (exact) mass is 224 g/mol. The van der Waals surface area contributed by atoms with Gasteiger partial charge in [0, 0.05) is 13.0 Å². The van der Waals surface area contributed by atoms with Crippen molar-refractivity contribution in [2.45, 2.75) is 12.8 Å². The molecule has 1 rings (SSSR count). The zero-order chi connectivity index (χ0) is 11.3. The molecule has 0 heterocycles. The number of aliphatic hydroxyl groups excluding tert-OH is 1. The minimum absolute atomic E-state index is 0.0184. The molecule has 0 aliphatic rings. The Morgan fingerprint density at radius 3 is 2.20 bits per heavy atom. The summed E-state index contributed by atoms with van der Waals surface area (Å²) in [5, 5.41) is 17.3. The maximum Gasteiger partial charge on any atom is 0.342 e. The molecule has 1 aromatic rings. The molecule has 3 nitrogen and oxygen atoms in total. The van der Waals surface area contributed by atoms with E-state index >= 15 is 0 Å². The summed E-state index contributed by atoms with van der Waals surface area (Å²) in [5.74, 6) is -1.04. The average Bonchev–Trinajstić information content (AvgIpc) is 2.21. The third kappa shape index (κ3) is 3.77. The summed E-state index contributed by atoms with van der Waals surface area (Å²) >= 11 is 4.70. The Bertz CT molecular complexity index is 357. The fourth-order valence-electron chi connectivity index (χ4n) is 1.21. The molecule has 80 valence electrons. The molecule has 0 aromatic heterocycles. The smallest absolute Gasteiger partial charge is 0.342 e. The van der Waals surface area contributed by atoms with Gasteiger partial charge in [0.15, 0.2) is 0 Å². The molecule has 0 aliphatic heterocycles. The fraction of sp³-hybridized carbons (Fsp3) is 0.273. The summed E-state index contributed by atoms with van der Waals surface area (Å²) in [6.45, 7) is 0.118. The molecule has 0 saturated heterocycles. The first kappa shape index (κ1) is 11.8. The summed E-state index contributed by atoms with van der Waals surface area (Å²) in [6, 6.07) is 7.41. The van der Waals surface area contributed by atoms with Crippen molar-refractivity contribution in [3.8, 4) is 0 Å². The van der Waals surface area contributed by atoms with Crippen molar-refractivity contribution in [1.82, 2.24) is 0 Å². The van der Waals surface area contributed by atoms with Gasteiger partial charge >= 0.3 is 5.97 Å². The molecule has 0 amide bonds. The van der Waals surface area contributed by atoms with Crippen LogP contribution < -0.4 is 0 Å². The quantitative estimate of drug-likeness (QED) is 0.738. The van der Waals surface area contributed by atoms with Crippen LogP contribution in [-0.4, -0.2) is 27.7 Å². The maximum atomic E-state index is 10.5. The van der Waals surface area contributed by atoms with E-state index in [1.165, 1.54) is 0 Å². The van der Waals surface area contributed by atoms with Crippen LogP contribution >= 0.6 is 12.2 Å². The minimum Gasteiger partial charge on any atom is -0.477 e. The van der Waals surface area contributed by atoms with E-state index in [0.717, 1.165) is 11.1 Å². The van der Waals surface area contributed by atoms with Gasteiger partial charge in [-0.2, -0.15) is 0 Å². The van der Waals surface area contributed by atoms with Crippen LogP contribution in [0.1, 0.15) is 11.1 Å². The Balaban J connectivity index is 2.64. The van der Waals surface area contributed by atoms with Crippen LogP contribution in [0.3, 0.4) is 0 Å². The average molecular weight is 224 g/mol. The third-order valence-corrected chi connectivity index (χ3v) is 2.35. The van der Waals surface area contributed by atoms with E-state index in [1.807, 2.05) is 24.3 Å². The first-order valence-corrected chi connectivity index (χ1v) is 4.99. The van der Waals surface area contributed by atoms with Crippen molar-refractivity contribution in [2.75, 3.05) is 6.61 Å². The van der Waals surface area contributed by atoms with Crippen molar-refractivity contribution in [3.05, 3.63) is 35.4 Å². The molecular weight excluding hydrogens is 212 g/mol. The molecule has 0 fully saturated rings. The number of carboxylic acid groups (broad SMARTS) is 1. The number of carboxylic acids is 1. The van der Waals surface area contributed by atoms with Gasteiger partial charge in [-0.1, -0.05) is 36.5 Å². The highest BCUT2D eigenvalue weighted by molar-refractivity contribution is 7.82. The number of aliphatic hydroxyl groups is 1. The second-order valence-electron chi connectivity index (χ2n) is 3.20. The zero-order valence-electron chi connectivity index (χ0n) is 8.14. The van der Waals surface area contributed by atoms with Crippen molar-refractivity contribution in [3.63, 3.8) is 0 Å². The Kier molecular flexibility index (Phi) is 4.39. The molecule has 1 aromatic carbocycles. The van der Waals surface area contributed by atoms with Crippen molar-refractivity contribution < 1.29 is 15.0 Å². The van der Waals surface area contributed by atoms with Crippen LogP contribution in [0.5, 0.6) is 0 Å². The Hall–Kier alpha value is -1.26. The van der Waals surface area contributed by atoms with Gasteiger partial charge in [-0.15, -0.1) is 0 Å². The van der Waals surface area contributed by atoms with Gasteiger partial charge in [0.05, 0.1) is 0 Å². The number of rotatable bonds is 5. The number of aliphatic carboxylic acids is 1. The minimum atomic E-state index is -1.04. The van der Waals surface area contributed by atoms with Crippen LogP contribution in [-0.2, 0) is 17.6 Å². The number of thiocarbonyl (C=S) groups is 1. The highest BCUT2D eigenvalue weighted by atomic mass is 32.1. The number of benzene rings is 1. The Morgan fingerprint density at radius 2 is 1.73 bits per heavy atom. The molecule has 0 spiro atoms. The number of hydrogen-bond donors (Lipinski definition) is 2. The molecule has 2 N–H and O–H groups in total. The maximum absolute atomic E-state index is 10.5. The van der Waals surface area contributed by atoms with Gasteiger partial charge in [-0.25, -0.2) is 4.79 Å². The van der Waals surface area contributed by atoms with Crippen LogP contribution in [0.15, 0.2) is 24.3 Å². The van der Waals surface area contributed by atoms with Crippen molar-refractivity contribution in [2.24, 2.45) is 0 Å². The van der Waals surface area contributed by atoms with Crippen molar-refractivity contribution >= 4 is 23.1 Å². The SMILES string of the molecule is O=C(O)C(=S)Cc1ccc(CCO)cc1. The lowest BCUT2D eigenvalue weighted by Gasteiger charge is -2.02. The van der Waals surface area contributed by atoms with Gasteiger partial charge in [0.2, 0.25) is 0 Å². The summed E-state index contributed by atoms with van der Waals surface area (Å²) in [4.78, 5) is 10.5. The lowest BCUT2D eigenvalue weighted by molar-refractivity contribution is -0.129. The molecule has 0 saturated carbocycles. The van der Waals surface area contributed by atoms with Gasteiger partial charge in [-0.05, 0) is 17.5 Å². The van der Waals surface area contributed by atoms with E-state index in [-0.39, 0.29) is 17.9 Å². The van der Waals surface area contributed by atoms with E-state index in [1.54, 1.807) is 0 Å². The molecule has 0 bridgehead atoms. The third-order valence-electron chi connectivity index (χ3n) is 2.03. The topological polar surface area (TPSA) is 57.5 Å². The van der Waals surface area contributed by atoms with Crippen LogP contribution in [0, 0.1) is 0 Å². The highest BCUT2D eigenvalue weighted by Crippen LogP contribution is 2.06. The molecule has 0 atom stereocenters. The predicted molar refractivity (Wildman–Crippen MR) is 61.2 cm³/mol. The Labute approximate surface area is 93.4 Å². The van der Waals surface area contributed by atoms with E-state index in [0.29, 0.717) is 6.42 Å². The molecule has 4 heteroatoms. The summed E-state index contributed by atoms with van der Waals surface area (Å²) < 4.78 is 0.